The lowest BCUT2D eigenvalue weighted by molar-refractivity contribution is 0.229. The van der Waals surface area contributed by atoms with Crippen molar-refractivity contribution in [3.8, 4) is 0 Å². The minimum atomic E-state index is -0.538. The molecule has 0 aromatic heterocycles. The van der Waals surface area contributed by atoms with Crippen molar-refractivity contribution >= 4 is 0 Å². The molecule has 1 nitrogen and oxygen atoms in total. The summed E-state index contributed by atoms with van der Waals surface area (Å²) in [6.45, 7) is 7.59. The first-order chi connectivity index (χ1) is 5.63. The summed E-state index contributed by atoms with van der Waals surface area (Å²) in [6, 6.07) is 6.03. The third-order valence-electron chi connectivity index (χ3n) is 1.81. The molecular weight excluding hydrogens is 148 g/mol. The maximum atomic E-state index is 9.46. The van der Waals surface area contributed by atoms with Crippen LogP contribution < -0.4 is 0 Å². The second-order valence-electron chi connectivity index (χ2n) is 3.10. The van der Waals surface area contributed by atoms with Gasteiger partial charge in [-0.05, 0) is 19.4 Å². The van der Waals surface area contributed by atoms with Gasteiger partial charge in [0.25, 0.3) is 0 Å². The fourth-order valence-corrected chi connectivity index (χ4v) is 1.32. The topological polar surface area (TPSA) is 20.2 Å². The van der Waals surface area contributed by atoms with Gasteiger partial charge in [0.1, 0.15) is 0 Å². The van der Waals surface area contributed by atoms with Gasteiger partial charge < -0.3 is 5.11 Å². The average Bonchev–Trinajstić information content (AvgIpc) is 2.01. The number of hydrogen-bond donors (Lipinski definition) is 1. The normalized spacial score (nSPS) is 12.6. The Bertz CT molecular complexity index is 269. The molecule has 1 heteroatoms. The molecule has 0 saturated carbocycles. The quantitative estimate of drug-likeness (QED) is 0.662. The Morgan fingerprint density at radius 3 is 2.17 bits per heavy atom. The minimum Gasteiger partial charge on any atom is -0.384 e. The summed E-state index contributed by atoms with van der Waals surface area (Å²) in [5.74, 6) is 0. The third kappa shape index (κ3) is 1.95. The van der Waals surface area contributed by atoms with E-state index >= 15 is 0 Å². The molecule has 0 heterocycles. The molecule has 0 aliphatic rings. The zero-order chi connectivity index (χ0) is 9.14. The maximum Gasteiger partial charge on any atom is 0.0969 e. The Morgan fingerprint density at radius 1 is 1.25 bits per heavy atom. The van der Waals surface area contributed by atoms with Gasteiger partial charge in [0.15, 0.2) is 0 Å². The predicted octanol–water partition coefficient (Wildman–Crippen LogP) is 2.52. The van der Waals surface area contributed by atoms with Gasteiger partial charge in [0, 0.05) is 0 Å². The van der Waals surface area contributed by atoms with Crippen LogP contribution >= 0.6 is 0 Å². The smallest absolute Gasteiger partial charge is 0.0969 e. The molecule has 64 valence electrons. The van der Waals surface area contributed by atoms with E-state index in [1.165, 1.54) is 17.2 Å². The summed E-state index contributed by atoms with van der Waals surface area (Å²) >= 11 is 0. The van der Waals surface area contributed by atoms with Crippen LogP contribution in [0.15, 0.2) is 30.9 Å². The SMILES string of the molecule is C=CC(O)c1cc(C)cc(C)c1. The Morgan fingerprint density at radius 2 is 1.75 bits per heavy atom. The van der Waals surface area contributed by atoms with E-state index in [1.54, 1.807) is 0 Å². The van der Waals surface area contributed by atoms with Crippen LogP contribution in [0.5, 0.6) is 0 Å². The Hall–Kier alpha value is -1.08. The fraction of sp³-hybridized carbons (Fsp3) is 0.273. The van der Waals surface area contributed by atoms with Crippen molar-refractivity contribution in [2.75, 3.05) is 0 Å². The average molecular weight is 162 g/mol. The van der Waals surface area contributed by atoms with Crippen LogP contribution in [0.4, 0.5) is 0 Å². The summed E-state index contributed by atoms with van der Waals surface area (Å²) in [5.41, 5.74) is 3.26. The third-order valence-corrected chi connectivity index (χ3v) is 1.81. The van der Waals surface area contributed by atoms with Crippen molar-refractivity contribution in [2.45, 2.75) is 20.0 Å². The van der Waals surface area contributed by atoms with E-state index in [1.807, 2.05) is 26.0 Å². The monoisotopic (exact) mass is 162 g/mol. The first kappa shape index (κ1) is 9.01. The fourth-order valence-electron chi connectivity index (χ4n) is 1.32. The van der Waals surface area contributed by atoms with Gasteiger partial charge in [0.2, 0.25) is 0 Å². The van der Waals surface area contributed by atoms with Crippen molar-refractivity contribution in [3.63, 3.8) is 0 Å². The summed E-state index contributed by atoms with van der Waals surface area (Å²) in [5, 5.41) is 9.46. The van der Waals surface area contributed by atoms with Gasteiger partial charge in [-0.15, -0.1) is 6.58 Å². The van der Waals surface area contributed by atoms with Crippen LogP contribution in [-0.4, -0.2) is 5.11 Å². The summed E-state index contributed by atoms with van der Waals surface area (Å²) < 4.78 is 0. The van der Waals surface area contributed by atoms with Crippen LogP contribution in [0.2, 0.25) is 0 Å². The van der Waals surface area contributed by atoms with Gasteiger partial charge in [-0.25, -0.2) is 0 Å². The van der Waals surface area contributed by atoms with Crippen molar-refractivity contribution in [1.29, 1.82) is 0 Å². The van der Waals surface area contributed by atoms with Gasteiger partial charge in [-0.2, -0.15) is 0 Å². The second kappa shape index (κ2) is 3.55. The van der Waals surface area contributed by atoms with Gasteiger partial charge in [0.05, 0.1) is 6.10 Å². The number of aryl methyl sites for hydroxylation is 2. The lowest BCUT2D eigenvalue weighted by Gasteiger charge is -2.07. The maximum absolute atomic E-state index is 9.46. The molecule has 1 unspecified atom stereocenters. The number of rotatable bonds is 2. The van der Waals surface area contributed by atoms with E-state index in [0.717, 1.165) is 5.56 Å². The van der Waals surface area contributed by atoms with Gasteiger partial charge in [-0.3, -0.25) is 0 Å². The standard InChI is InChI=1S/C11H14O/c1-4-11(12)10-6-8(2)5-9(3)7-10/h4-7,11-12H,1H2,2-3H3. The molecule has 1 rings (SSSR count). The van der Waals surface area contributed by atoms with Crippen LogP contribution in [0.25, 0.3) is 0 Å². The zero-order valence-corrected chi connectivity index (χ0v) is 7.54. The molecule has 0 bridgehead atoms. The highest BCUT2D eigenvalue weighted by atomic mass is 16.3. The molecule has 0 aliphatic carbocycles. The molecule has 0 radical (unpaired) electrons. The highest BCUT2D eigenvalue weighted by molar-refractivity contribution is 5.31. The minimum absolute atomic E-state index is 0.538. The molecule has 1 aromatic carbocycles. The zero-order valence-electron chi connectivity index (χ0n) is 7.54. The number of hydrogen-bond acceptors (Lipinski definition) is 1. The lowest BCUT2D eigenvalue weighted by Crippen LogP contribution is -1.93. The summed E-state index contributed by atoms with van der Waals surface area (Å²) in [7, 11) is 0. The Labute approximate surface area is 73.4 Å². The Balaban J connectivity index is 3.08. The molecule has 0 amide bonds. The van der Waals surface area contributed by atoms with Crippen LogP contribution in [-0.2, 0) is 0 Å². The summed E-state index contributed by atoms with van der Waals surface area (Å²) in [6.07, 6.45) is 0.998. The molecule has 0 fully saturated rings. The van der Waals surface area contributed by atoms with Crippen molar-refractivity contribution in [1.82, 2.24) is 0 Å². The molecule has 0 spiro atoms. The van der Waals surface area contributed by atoms with E-state index in [0.29, 0.717) is 0 Å². The van der Waals surface area contributed by atoms with E-state index in [9.17, 15) is 5.11 Å². The van der Waals surface area contributed by atoms with E-state index in [-0.39, 0.29) is 0 Å². The molecule has 1 atom stereocenters. The first-order valence-corrected chi connectivity index (χ1v) is 4.02. The number of aliphatic hydroxyl groups excluding tert-OH is 1. The highest BCUT2D eigenvalue weighted by Gasteiger charge is 2.02. The Kier molecular flexibility index (Phi) is 2.66. The van der Waals surface area contributed by atoms with Gasteiger partial charge in [-0.1, -0.05) is 35.4 Å². The molecule has 1 aromatic rings. The number of aliphatic hydroxyl groups is 1. The largest absolute Gasteiger partial charge is 0.384 e. The molecule has 12 heavy (non-hydrogen) atoms. The van der Waals surface area contributed by atoms with Crippen LogP contribution in [0.3, 0.4) is 0 Å². The molecule has 0 aliphatic heterocycles. The first-order valence-electron chi connectivity index (χ1n) is 4.02. The highest BCUT2D eigenvalue weighted by Crippen LogP contribution is 2.16. The van der Waals surface area contributed by atoms with Crippen LogP contribution in [0, 0.1) is 13.8 Å². The number of benzene rings is 1. The van der Waals surface area contributed by atoms with E-state index < -0.39 is 6.10 Å². The van der Waals surface area contributed by atoms with E-state index in [4.69, 9.17) is 0 Å². The van der Waals surface area contributed by atoms with Gasteiger partial charge >= 0.3 is 0 Å². The van der Waals surface area contributed by atoms with Crippen molar-refractivity contribution in [2.24, 2.45) is 0 Å². The summed E-state index contributed by atoms with van der Waals surface area (Å²) in [4.78, 5) is 0. The predicted molar refractivity (Wildman–Crippen MR) is 51.1 cm³/mol. The van der Waals surface area contributed by atoms with Crippen molar-refractivity contribution in [3.05, 3.63) is 47.5 Å². The van der Waals surface area contributed by atoms with Crippen molar-refractivity contribution < 1.29 is 5.11 Å². The second-order valence-corrected chi connectivity index (χ2v) is 3.10. The van der Waals surface area contributed by atoms with E-state index in [2.05, 4.69) is 12.6 Å². The molecule has 0 saturated heterocycles. The molecular formula is C11H14O. The lowest BCUT2D eigenvalue weighted by atomic mass is 10.0. The molecule has 1 N–H and O–H groups in total. The van der Waals surface area contributed by atoms with Crippen LogP contribution in [0.1, 0.15) is 22.8 Å².